The second-order valence-corrected chi connectivity index (χ2v) is 7.07. The molecule has 0 aliphatic heterocycles. The quantitative estimate of drug-likeness (QED) is 0.420. The molecule has 12 heteroatoms. The Kier molecular flexibility index (Phi) is 5.97. The highest BCUT2D eigenvalue weighted by atomic mass is 35.5. The number of ether oxygens (including phenoxy) is 1. The number of rotatable bonds is 5. The van der Waals surface area contributed by atoms with Crippen LogP contribution in [0, 0.1) is 0 Å². The molecule has 2 aromatic carbocycles. The Bertz CT molecular complexity index is 1350. The maximum absolute atomic E-state index is 13.1. The van der Waals surface area contributed by atoms with Crippen LogP contribution in [0.5, 0.6) is 11.5 Å². The number of hydrogen-bond acceptors (Lipinski definition) is 7. The van der Waals surface area contributed by atoms with Gasteiger partial charge in [-0.15, -0.1) is 10.2 Å². The van der Waals surface area contributed by atoms with E-state index in [4.69, 9.17) is 16.3 Å². The van der Waals surface area contributed by atoms with Gasteiger partial charge >= 0.3 is 6.18 Å². The van der Waals surface area contributed by atoms with Crippen molar-refractivity contribution in [3.05, 3.63) is 71.0 Å². The van der Waals surface area contributed by atoms with E-state index in [0.717, 1.165) is 12.1 Å². The van der Waals surface area contributed by atoms with Gasteiger partial charge in [0.25, 0.3) is 5.91 Å². The molecule has 2 heterocycles. The molecule has 0 unspecified atom stereocenters. The van der Waals surface area contributed by atoms with Crippen LogP contribution in [-0.4, -0.2) is 33.1 Å². The molecular formula is C21H14ClF3N6O2. The third-order valence-electron chi connectivity index (χ3n) is 4.38. The fraction of sp³-hybridized carbons (Fsp3) is 0.0952. The lowest BCUT2D eigenvalue weighted by Gasteiger charge is -2.12. The first-order chi connectivity index (χ1) is 15.7. The number of fused-ring (bicyclic) bond motifs is 1. The summed E-state index contributed by atoms with van der Waals surface area (Å²) < 4.78 is 44.9. The van der Waals surface area contributed by atoms with Gasteiger partial charge in [0.1, 0.15) is 22.7 Å². The number of carbonyl (C=O) groups excluding carboxylic acids is 1. The molecule has 0 atom stereocenters. The van der Waals surface area contributed by atoms with Crippen LogP contribution in [0.2, 0.25) is 5.02 Å². The highest BCUT2D eigenvalue weighted by Crippen LogP contribution is 2.36. The predicted octanol–water partition coefficient (Wildman–Crippen LogP) is 4.99. The van der Waals surface area contributed by atoms with Crippen molar-refractivity contribution in [1.29, 1.82) is 0 Å². The Hall–Kier alpha value is -3.99. The van der Waals surface area contributed by atoms with E-state index < -0.39 is 16.8 Å². The first-order valence-electron chi connectivity index (χ1n) is 9.37. The Morgan fingerprint density at radius 2 is 1.79 bits per heavy atom. The maximum Gasteiger partial charge on any atom is 0.417 e. The van der Waals surface area contributed by atoms with Crippen molar-refractivity contribution in [3.63, 3.8) is 0 Å². The Morgan fingerprint density at radius 3 is 2.55 bits per heavy atom. The van der Waals surface area contributed by atoms with E-state index in [1.165, 1.54) is 25.4 Å². The molecule has 2 aromatic heterocycles. The smallest absolute Gasteiger partial charge is 0.417 e. The van der Waals surface area contributed by atoms with Gasteiger partial charge in [-0.1, -0.05) is 11.6 Å². The standard InChI is InChI=1S/C21H14ClF3N6O2/c1-26-19(32)18-10-13(6-7-27-18)33-12-3-5-16-17(9-12)30-31-20(29-16)28-11-2-4-15(22)14(8-11)21(23,24)25/h2-10H,1H3,(H,26,32)(H,28,29,31). The minimum Gasteiger partial charge on any atom is -0.457 e. The lowest BCUT2D eigenvalue weighted by Crippen LogP contribution is -2.18. The Morgan fingerprint density at radius 1 is 1.00 bits per heavy atom. The predicted molar refractivity (Wildman–Crippen MR) is 115 cm³/mol. The minimum absolute atomic E-state index is 0.0102. The molecule has 0 saturated heterocycles. The van der Waals surface area contributed by atoms with Crippen LogP contribution in [-0.2, 0) is 6.18 Å². The van der Waals surface area contributed by atoms with Crippen LogP contribution in [0.4, 0.5) is 24.8 Å². The van der Waals surface area contributed by atoms with Crippen LogP contribution >= 0.6 is 11.6 Å². The van der Waals surface area contributed by atoms with E-state index in [1.807, 2.05) is 0 Å². The molecule has 1 amide bonds. The highest BCUT2D eigenvalue weighted by Gasteiger charge is 2.33. The molecule has 2 N–H and O–H groups in total. The molecule has 0 aliphatic rings. The van der Waals surface area contributed by atoms with Crippen molar-refractivity contribution >= 4 is 40.2 Å². The zero-order valence-electron chi connectivity index (χ0n) is 16.8. The number of amides is 1. The first-order valence-corrected chi connectivity index (χ1v) is 9.75. The third kappa shape index (κ3) is 5.09. The zero-order chi connectivity index (χ0) is 23.6. The second-order valence-electron chi connectivity index (χ2n) is 6.66. The monoisotopic (exact) mass is 474 g/mol. The number of nitrogens with zero attached hydrogens (tertiary/aromatic N) is 4. The topological polar surface area (TPSA) is 102 Å². The van der Waals surface area contributed by atoms with Gasteiger partial charge < -0.3 is 15.4 Å². The summed E-state index contributed by atoms with van der Waals surface area (Å²) >= 11 is 5.64. The molecule has 0 radical (unpaired) electrons. The molecule has 8 nitrogen and oxygen atoms in total. The number of alkyl halides is 3. The normalized spacial score (nSPS) is 11.3. The molecule has 0 saturated carbocycles. The van der Waals surface area contributed by atoms with Gasteiger partial charge in [0, 0.05) is 31.1 Å². The van der Waals surface area contributed by atoms with Gasteiger partial charge in [0.05, 0.1) is 16.1 Å². The molecule has 0 spiro atoms. The first kappa shape index (κ1) is 22.2. The number of hydrogen-bond donors (Lipinski definition) is 2. The van der Waals surface area contributed by atoms with Crippen LogP contribution < -0.4 is 15.4 Å². The third-order valence-corrected chi connectivity index (χ3v) is 4.71. The molecule has 0 bridgehead atoms. The van der Waals surface area contributed by atoms with Gasteiger partial charge in [-0.25, -0.2) is 4.98 Å². The van der Waals surface area contributed by atoms with E-state index >= 15 is 0 Å². The fourth-order valence-corrected chi connectivity index (χ4v) is 3.07. The number of pyridine rings is 1. The molecule has 0 fully saturated rings. The molecule has 0 aliphatic carbocycles. The van der Waals surface area contributed by atoms with Crippen LogP contribution in [0.25, 0.3) is 11.0 Å². The largest absolute Gasteiger partial charge is 0.457 e. The Labute approximate surface area is 189 Å². The number of benzene rings is 2. The summed E-state index contributed by atoms with van der Waals surface area (Å²) in [5.74, 6) is 0.472. The van der Waals surface area contributed by atoms with Crippen molar-refractivity contribution in [1.82, 2.24) is 25.5 Å². The van der Waals surface area contributed by atoms with Crippen molar-refractivity contribution < 1.29 is 22.7 Å². The van der Waals surface area contributed by atoms with Crippen LogP contribution in [0.3, 0.4) is 0 Å². The summed E-state index contributed by atoms with van der Waals surface area (Å²) in [6, 6.07) is 11.3. The number of halogens is 4. The summed E-state index contributed by atoms with van der Waals surface area (Å²) in [6.45, 7) is 0. The summed E-state index contributed by atoms with van der Waals surface area (Å²) in [5.41, 5.74) is 0.165. The summed E-state index contributed by atoms with van der Waals surface area (Å²) in [6.07, 6.45) is -3.15. The Balaban J connectivity index is 1.55. The van der Waals surface area contributed by atoms with Crippen molar-refractivity contribution in [2.75, 3.05) is 12.4 Å². The maximum atomic E-state index is 13.1. The molecule has 168 valence electrons. The van der Waals surface area contributed by atoms with Crippen molar-refractivity contribution in [3.8, 4) is 11.5 Å². The number of carbonyl (C=O) groups is 1. The van der Waals surface area contributed by atoms with Crippen LogP contribution in [0.1, 0.15) is 16.1 Å². The number of aromatic nitrogens is 4. The van der Waals surface area contributed by atoms with Crippen molar-refractivity contribution in [2.24, 2.45) is 0 Å². The van der Waals surface area contributed by atoms with Gasteiger partial charge in [-0.3, -0.25) is 9.78 Å². The summed E-state index contributed by atoms with van der Waals surface area (Å²) in [5, 5.41) is 12.7. The van der Waals surface area contributed by atoms with E-state index in [0.29, 0.717) is 22.5 Å². The minimum atomic E-state index is -4.59. The zero-order valence-corrected chi connectivity index (χ0v) is 17.6. The molecule has 4 rings (SSSR count). The average molecular weight is 475 g/mol. The number of nitrogens with one attached hydrogen (secondary N) is 2. The van der Waals surface area contributed by atoms with Crippen LogP contribution in [0.15, 0.2) is 54.7 Å². The molecule has 33 heavy (non-hydrogen) atoms. The van der Waals surface area contributed by atoms with Gasteiger partial charge in [-0.05, 0) is 36.4 Å². The summed E-state index contributed by atoms with van der Waals surface area (Å²) in [4.78, 5) is 19.9. The lowest BCUT2D eigenvalue weighted by atomic mass is 10.2. The second kappa shape index (κ2) is 8.87. The molecule has 4 aromatic rings. The van der Waals surface area contributed by atoms with Crippen molar-refractivity contribution in [2.45, 2.75) is 6.18 Å². The SMILES string of the molecule is CNC(=O)c1cc(Oc2ccc3nc(Nc4ccc(Cl)c(C(F)(F)F)c4)nnc3c2)ccn1. The lowest BCUT2D eigenvalue weighted by molar-refractivity contribution is -0.137. The van der Waals surface area contributed by atoms with E-state index in [-0.39, 0.29) is 23.2 Å². The van der Waals surface area contributed by atoms with E-state index in [9.17, 15) is 18.0 Å². The van der Waals surface area contributed by atoms with Gasteiger partial charge in [0.2, 0.25) is 5.95 Å². The van der Waals surface area contributed by atoms with E-state index in [2.05, 4.69) is 30.8 Å². The average Bonchev–Trinajstić information content (AvgIpc) is 2.79. The van der Waals surface area contributed by atoms with E-state index in [1.54, 1.807) is 24.3 Å². The summed E-state index contributed by atoms with van der Waals surface area (Å²) in [7, 11) is 1.50. The molecular weight excluding hydrogens is 461 g/mol. The van der Waals surface area contributed by atoms with Gasteiger partial charge in [-0.2, -0.15) is 13.2 Å². The fourth-order valence-electron chi connectivity index (χ4n) is 2.84. The number of anilines is 2. The van der Waals surface area contributed by atoms with Gasteiger partial charge in [0.15, 0.2) is 0 Å². The highest BCUT2D eigenvalue weighted by molar-refractivity contribution is 6.31.